The van der Waals surface area contributed by atoms with E-state index in [0.29, 0.717) is 12.0 Å². The highest BCUT2D eigenvalue weighted by molar-refractivity contribution is 4.88. The van der Waals surface area contributed by atoms with E-state index < -0.39 is 5.60 Å². The Bertz CT molecular complexity index is 280. The van der Waals surface area contributed by atoms with E-state index in [-0.39, 0.29) is 0 Å². The summed E-state index contributed by atoms with van der Waals surface area (Å²) in [5.41, 5.74) is 5.90. The lowest BCUT2D eigenvalue weighted by molar-refractivity contribution is -0.0124. The zero-order chi connectivity index (χ0) is 14.0. The van der Waals surface area contributed by atoms with Gasteiger partial charge in [0, 0.05) is 25.7 Å². The molecule has 3 unspecified atom stereocenters. The molecule has 1 heterocycles. The Kier molecular flexibility index (Phi) is 4.91. The predicted octanol–water partition coefficient (Wildman–Crippen LogP) is 2.23. The van der Waals surface area contributed by atoms with Crippen LogP contribution in [0.25, 0.3) is 0 Å². The molecule has 1 saturated heterocycles. The van der Waals surface area contributed by atoms with Crippen LogP contribution in [0.3, 0.4) is 0 Å². The van der Waals surface area contributed by atoms with Gasteiger partial charge in [0.25, 0.3) is 0 Å². The maximum Gasteiger partial charge on any atom is 0.0644 e. The molecule has 0 amide bonds. The van der Waals surface area contributed by atoms with Gasteiger partial charge in [0.05, 0.1) is 5.60 Å². The van der Waals surface area contributed by atoms with Crippen molar-refractivity contribution in [1.29, 1.82) is 0 Å². The van der Waals surface area contributed by atoms with E-state index in [0.717, 1.165) is 44.3 Å². The SMILES string of the molecule is CC(C)C1CCC(N)C(CN2CCC(C)(O)CC2)C1. The molecule has 0 aromatic rings. The topological polar surface area (TPSA) is 49.5 Å². The largest absolute Gasteiger partial charge is 0.390 e. The van der Waals surface area contributed by atoms with Crippen molar-refractivity contribution in [1.82, 2.24) is 4.90 Å². The average molecular weight is 268 g/mol. The van der Waals surface area contributed by atoms with Gasteiger partial charge in [-0.25, -0.2) is 0 Å². The van der Waals surface area contributed by atoms with E-state index in [1.165, 1.54) is 19.3 Å². The van der Waals surface area contributed by atoms with Crippen molar-refractivity contribution in [3.05, 3.63) is 0 Å². The van der Waals surface area contributed by atoms with Crippen molar-refractivity contribution in [2.24, 2.45) is 23.5 Å². The number of hydrogen-bond donors (Lipinski definition) is 2. The normalized spacial score (nSPS) is 36.6. The Balaban J connectivity index is 1.84. The summed E-state index contributed by atoms with van der Waals surface area (Å²) in [6.07, 6.45) is 5.61. The van der Waals surface area contributed by atoms with E-state index in [4.69, 9.17) is 5.73 Å². The van der Waals surface area contributed by atoms with Crippen molar-refractivity contribution in [2.45, 2.75) is 64.5 Å². The standard InChI is InChI=1S/C16H32N2O/c1-12(2)13-4-5-15(17)14(10-13)11-18-8-6-16(3,19)7-9-18/h12-15,19H,4-11,17H2,1-3H3. The monoisotopic (exact) mass is 268 g/mol. The number of hydrogen-bond acceptors (Lipinski definition) is 3. The molecule has 2 rings (SSSR count). The fraction of sp³-hybridized carbons (Fsp3) is 1.00. The first-order valence-electron chi connectivity index (χ1n) is 8.08. The quantitative estimate of drug-likeness (QED) is 0.825. The third-order valence-corrected chi connectivity index (χ3v) is 5.45. The van der Waals surface area contributed by atoms with Gasteiger partial charge in [0.1, 0.15) is 0 Å². The molecule has 1 aliphatic carbocycles. The van der Waals surface area contributed by atoms with Crippen LogP contribution in [-0.2, 0) is 0 Å². The molecular weight excluding hydrogens is 236 g/mol. The van der Waals surface area contributed by atoms with Crippen molar-refractivity contribution in [2.75, 3.05) is 19.6 Å². The predicted molar refractivity (Wildman–Crippen MR) is 79.9 cm³/mol. The zero-order valence-corrected chi connectivity index (χ0v) is 12.9. The lowest BCUT2D eigenvalue weighted by Gasteiger charge is -2.41. The number of piperidine rings is 1. The summed E-state index contributed by atoms with van der Waals surface area (Å²) in [5, 5.41) is 10.0. The summed E-state index contributed by atoms with van der Waals surface area (Å²) in [6.45, 7) is 9.85. The van der Waals surface area contributed by atoms with Crippen LogP contribution in [0, 0.1) is 17.8 Å². The number of nitrogens with zero attached hydrogens (tertiary/aromatic N) is 1. The van der Waals surface area contributed by atoms with E-state index in [2.05, 4.69) is 18.7 Å². The third-order valence-electron chi connectivity index (χ3n) is 5.45. The lowest BCUT2D eigenvalue weighted by atomic mass is 9.73. The summed E-state index contributed by atoms with van der Waals surface area (Å²) in [5.74, 6) is 2.30. The molecule has 19 heavy (non-hydrogen) atoms. The molecule has 0 bridgehead atoms. The van der Waals surface area contributed by atoms with Crippen LogP contribution in [0.2, 0.25) is 0 Å². The van der Waals surface area contributed by atoms with Gasteiger partial charge < -0.3 is 15.7 Å². The minimum atomic E-state index is -0.439. The highest BCUT2D eigenvalue weighted by atomic mass is 16.3. The first-order valence-corrected chi connectivity index (χ1v) is 8.08. The van der Waals surface area contributed by atoms with Crippen molar-refractivity contribution >= 4 is 0 Å². The number of likely N-dealkylation sites (tertiary alicyclic amines) is 1. The van der Waals surface area contributed by atoms with Crippen LogP contribution in [0.1, 0.15) is 52.9 Å². The summed E-state index contributed by atoms with van der Waals surface area (Å²) in [6, 6.07) is 0.387. The van der Waals surface area contributed by atoms with E-state index in [1.54, 1.807) is 0 Å². The third kappa shape index (κ3) is 4.17. The van der Waals surface area contributed by atoms with Gasteiger partial charge in [0.15, 0.2) is 0 Å². The fourth-order valence-electron chi connectivity index (χ4n) is 3.69. The molecule has 2 aliphatic rings. The molecule has 3 heteroatoms. The van der Waals surface area contributed by atoms with Gasteiger partial charge >= 0.3 is 0 Å². The van der Waals surface area contributed by atoms with Crippen LogP contribution in [0.5, 0.6) is 0 Å². The molecule has 3 N–H and O–H groups in total. The Morgan fingerprint density at radius 1 is 1.26 bits per heavy atom. The van der Waals surface area contributed by atoms with Gasteiger partial charge in [-0.15, -0.1) is 0 Å². The summed E-state index contributed by atoms with van der Waals surface area (Å²) >= 11 is 0. The van der Waals surface area contributed by atoms with Crippen LogP contribution in [-0.4, -0.2) is 41.3 Å². The van der Waals surface area contributed by atoms with Gasteiger partial charge in [-0.2, -0.15) is 0 Å². The second kappa shape index (κ2) is 6.11. The molecule has 1 aliphatic heterocycles. The second-order valence-electron chi connectivity index (χ2n) is 7.54. The van der Waals surface area contributed by atoms with Gasteiger partial charge in [0.2, 0.25) is 0 Å². The van der Waals surface area contributed by atoms with Crippen molar-refractivity contribution < 1.29 is 5.11 Å². The Hall–Kier alpha value is -0.120. The Labute approximate surface area is 118 Å². The van der Waals surface area contributed by atoms with Crippen LogP contribution in [0.15, 0.2) is 0 Å². The first kappa shape index (κ1) is 15.3. The maximum absolute atomic E-state index is 10.0. The number of rotatable bonds is 3. The molecule has 0 radical (unpaired) electrons. The van der Waals surface area contributed by atoms with E-state index in [1.807, 2.05) is 6.92 Å². The Morgan fingerprint density at radius 2 is 1.89 bits per heavy atom. The molecule has 3 atom stereocenters. The molecule has 112 valence electrons. The second-order valence-corrected chi connectivity index (χ2v) is 7.54. The lowest BCUT2D eigenvalue weighted by Crippen LogP contribution is -2.48. The Morgan fingerprint density at radius 3 is 2.47 bits per heavy atom. The van der Waals surface area contributed by atoms with Crippen molar-refractivity contribution in [3.63, 3.8) is 0 Å². The smallest absolute Gasteiger partial charge is 0.0644 e. The zero-order valence-electron chi connectivity index (χ0n) is 12.9. The van der Waals surface area contributed by atoms with Gasteiger partial charge in [-0.3, -0.25) is 0 Å². The molecular formula is C16H32N2O. The van der Waals surface area contributed by atoms with Crippen molar-refractivity contribution in [3.8, 4) is 0 Å². The molecule has 0 aromatic heterocycles. The van der Waals surface area contributed by atoms with Crippen LogP contribution < -0.4 is 5.73 Å². The minimum Gasteiger partial charge on any atom is -0.390 e. The minimum absolute atomic E-state index is 0.387. The summed E-state index contributed by atoms with van der Waals surface area (Å²) in [7, 11) is 0. The van der Waals surface area contributed by atoms with Gasteiger partial charge in [-0.1, -0.05) is 13.8 Å². The van der Waals surface area contributed by atoms with E-state index in [9.17, 15) is 5.11 Å². The highest BCUT2D eigenvalue weighted by Gasteiger charge is 2.33. The summed E-state index contributed by atoms with van der Waals surface area (Å²) in [4.78, 5) is 2.52. The van der Waals surface area contributed by atoms with Crippen LogP contribution >= 0.6 is 0 Å². The fourth-order valence-corrected chi connectivity index (χ4v) is 3.69. The van der Waals surface area contributed by atoms with Crippen LogP contribution in [0.4, 0.5) is 0 Å². The molecule has 0 aromatic carbocycles. The number of aliphatic hydroxyl groups is 1. The van der Waals surface area contributed by atoms with E-state index >= 15 is 0 Å². The molecule has 3 nitrogen and oxygen atoms in total. The number of nitrogens with two attached hydrogens (primary N) is 1. The maximum atomic E-state index is 10.0. The molecule has 0 spiro atoms. The summed E-state index contributed by atoms with van der Waals surface area (Å²) < 4.78 is 0. The highest BCUT2D eigenvalue weighted by Crippen LogP contribution is 2.34. The van der Waals surface area contributed by atoms with Gasteiger partial charge in [-0.05, 0) is 56.8 Å². The molecule has 1 saturated carbocycles. The average Bonchev–Trinajstić information content (AvgIpc) is 2.34. The first-order chi connectivity index (χ1) is 8.87. The molecule has 2 fully saturated rings.